The predicted octanol–water partition coefficient (Wildman–Crippen LogP) is 3.11. The van der Waals surface area contributed by atoms with Gasteiger partial charge in [-0.25, -0.2) is 4.39 Å². The lowest BCUT2D eigenvalue weighted by atomic mass is 9.96. The van der Waals surface area contributed by atoms with E-state index < -0.39 is 11.7 Å². The maximum absolute atomic E-state index is 13.0. The van der Waals surface area contributed by atoms with Crippen LogP contribution in [0, 0.1) is 26.6 Å². The van der Waals surface area contributed by atoms with Crippen molar-refractivity contribution in [2.24, 2.45) is 0 Å². The van der Waals surface area contributed by atoms with Crippen LogP contribution in [0.3, 0.4) is 0 Å². The van der Waals surface area contributed by atoms with Gasteiger partial charge in [0.25, 0.3) is 11.7 Å². The summed E-state index contributed by atoms with van der Waals surface area (Å²) in [6.07, 6.45) is 0.675. The quantitative estimate of drug-likeness (QED) is 0.590. The summed E-state index contributed by atoms with van der Waals surface area (Å²) in [6.45, 7) is 7.85. The monoisotopic (exact) mass is 425 g/mol. The van der Waals surface area contributed by atoms with Gasteiger partial charge in [0.15, 0.2) is 0 Å². The van der Waals surface area contributed by atoms with E-state index in [2.05, 4.69) is 5.32 Å². The first-order valence-corrected chi connectivity index (χ1v) is 10.4. The molecule has 0 radical (unpaired) electrons. The zero-order valence-corrected chi connectivity index (χ0v) is 18.2. The average molecular weight is 426 g/mol. The molecular formula is C24H28FN3O3. The fraction of sp³-hybridized carbons (Fsp3) is 0.375. The summed E-state index contributed by atoms with van der Waals surface area (Å²) in [5.74, 6) is -1.53. The van der Waals surface area contributed by atoms with Crippen molar-refractivity contribution in [3.05, 3.63) is 64.5 Å². The number of halogens is 1. The molecule has 0 spiro atoms. The predicted molar refractivity (Wildman–Crippen MR) is 118 cm³/mol. The van der Waals surface area contributed by atoms with Gasteiger partial charge in [0.2, 0.25) is 5.91 Å². The van der Waals surface area contributed by atoms with Crippen LogP contribution in [0.15, 0.2) is 36.4 Å². The number of nitrogens with one attached hydrogen (secondary N) is 1. The highest BCUT2D eigenvalue weighted by Crippen LogP contribution is 2.18. The number of hydrogen-bond donors (Lipinski definition) is 1. The molecule has 0 aromatic heterocycles. The van der Waals surface area contributed by atoms with Crippen LogP contribution in [0.25, 0.3) is 0 Å². The molecule has 1 saturated heterocycles. The summed E-state index contributed by atoms with van der Waals surface area (Å²) in [7, 11) is 0. The number of benzene rings is 2. The van der Waals surface area contributed by atoms with Crippen molar-refractivity contribution in [2.75, 3.05) is 38.0 Å². The van der Waals surface area contributed by atoms with E-state index in [4.69, 9.17) is 0 Å². The fourth-order valence-corrected chi connectivity index (χ4v) is 4.06. The normalized spacial score (nSPS) is 14.8. The van der Waals surface area contributed by atoms with Gasteiger partial charge in [0.05, 0.1) is 6.54 Å². The second-order valence-corrected chi connectivity index (χ2v) is 8.08. The molecule has 0 aliphatic carbocycles. The molecule has 2 aromatic carbocycles. The lowest BCUT2D eigenvalue weighted by molar-refractivity contribution is -0.126. The lowest BCUT2D eigenvalue weighted by Gasteiger charge is -2.22. The topological polar surface area (TPSA) is 69.7 Å². The number of anilines is 1. The Morgan fingerprint density at radius 2 is 1.58 bits per heavy atom. The first kappa shape index (κ1) is 22.6. The number of ketones is 1. The zero-order valence-electron chi connectivity index (χ0n) is 18.2. The van der Waals surface area contributed by atoms with Crippen LogP contribution in [0.2, 0.25) is 0 Å². The van der Waals surface area contributed by atoms with Gasteiger partial charge in [-0.2, -0.15) is 0 Å². The third-order valence-electron chi connectivity index (χ3n) is 5.47. The molecule has 1 heterocycles. The molecular weight excluding hydrogens is 397 g/mol. The van der Waals surface area contributed by atoms with Crippen LogP contribution < -0.4 is 5.32 Å². The lowest BCUT2D eigenvalue weighted by Crippen LogP contribution is -2.40. The third kappa shape index (κ3) is 5.76. The highest BCUT2D eigenvalue weighted by molar-refractivity contribution is 6.43. The second kappa shape index (κ2) is 9.83. The smallest absolute Gasteiger partial charge is 0.295 e. The number of aryl methyl sites for hydroxylation is 3. The average Bonchev–Trinajstić information content (AvgIpc) is 2.93. The van der Waals surface area contributed by atoms with Crippen LogP contribution in [-0.2, 0) is 9.59 Å². The number of hydrogen-bond acceptors (Lipinski definition) is 4. The van der Waals surface area contributed by atoms with Crippen LogP contribution >= 0.6 is 0 Å². The molecule has 1 aliphatic heterocycles. The van der Waals surface area contributed by atoms with Gasteiger partial charge >= 0.3 is 0 Å². The standard InChI is InChI=1S/C24H28FN3O3/c1-16-13-17(2)22(18(3)14-16)23(30)24(31)28-10-4-9-27(11-12-28)15-21(29)26-20-7-5-19(25)6-8-20/h5-8,13-14H,4,9-12,15H2,1-3H3,(H,26,29). The van der Waals surface area contributed by atoms with Gasteiger partial charge in [0, 0.05) is 37.4 Å². The summed E-state index contributed by atoms with van der Waals surface area (Å²) in [5, 5.41) is 2.75. The number of amides is 2. The summed E-state index contributed by atoms with van der Waals surface area (Å²) in [5.41, 5.74) is 3.70. The van der Waals surface area contributed by atoms with Crippen molar-refractivity contribution in [2.45, 2.75) is 27.2 Å². The van der Waals surface area contributed by atoms with E-state index in [0.717, 1.165) is 16.7 Å². The van der Waals surface area contributed by atoms with E-state index in [-0.39, 0.29) is 18.3 Å². The molecule has 0 unspecified atom stereocenters. The Balaban J connectivity index is 1.58. The van der Waals surface area contributed by atoms with E-state index in [9.17, 15) is 18.8 Å². The number of rotatable bonds is 5. The maximum Gasteiger partial charge on any atom is 0.295 e. The largest absolute Gasteiger partial charge is 0.334 e. The van der Waals surface area contributed by atoms with Crippen molar-refractivity contribution in [3.8, 4) is 0 Å². The fourth-order valence-electron chi connectivity index (χ4n) is 4.06. The van der Waals surface area contributed by atoms with Crippen LogP contribution in [0.5, 0.6) is 0 Å². The zero-order chi connectivity index (χ0) is 22.5. The molecule has 3 rings (SSSR count). The van der Waals surface area contributed by atoms with Crippen molar-refractivity contribution < 1.29 is 18.8 Å². The first-order valence-electron chi connectivity index (χ1n) is 10.4. The summed E-state index contributed by atoms with van der Waals surface area (Å²) < 4.78 is 13.0. The van der Waals surface area contributed by atoms with E-state index in [1.165, 1.54) is 24.3 Å². The molecule has 1 N–H and O–H groups in total. The Kier molecular flexibility index (Phi) is 7.17. The van der Waals surface area contributed by atoms with Crippen molar-refractivity contribution in [1.29, 1.82) is 0 Å². The number of carbonyl (C=O) groups excluding carboxylic acids is 3. The van der Waals surface area contributed by atoms with Crippen molar-refractivity contribution in [3.63, 3.8) is 0 Å². The summed E-state index contributed by atoms with van der Waals surface area (Å²) >= 11 is 0. The molecule has 2 aromatic rings. The molecule has 6 nitrogen and oxygen atoms in total. The molecule has 0 bridgehead atoms. The molecule has 2 amide bonds. The number of carbonyl (C=O) groups is 3. The van der Waals surface area contributed by atoms with E-state index in [1.54, 1.807) is 4.90 Å². The highest BCUT2D eigenvalue weighted by Gasteiger charge is 2.28. The third-order valence-corrected chi connectivity index (χ3v) is 5.47. The highest BCUT2D eigenvalue weighted by atomic mass is 19.1. The van der Waals surface area contributed by atoms with E-state index in [1.807, 2.05) is 37.8 Å². The maximum atomic E-state index is 13.0. The molecule has 164 valence electrons. The first-order chi connectivity index (χ1) is 14.7. The Hall–Kier alpha value is -3.06. The number of nitrogens with zero attached hydrogens (tertiary/aromatic N) is 2. The van der Waals surface area contributed by atoms with Crippen molar-refractivity contribution in [1.82, 2.24) is 9.80 Å². The van der Waals surface area contributed by atoms with Crippen LogP contribution in [-0.4, -0.2) is 60.1 Å². The van der Waals surface area contributed by atoms with Gasteiger partial charge < -0.3 is 10.2 Å². The molecule has 31 heavy (non-hydrogen) atoms. The molecule has 0 saturated carbocycles. The van der Waals surface area contributed by atoms with Gasteiger partial charge in [-0.15, -0.1) is 0 Å². The number of Topliss-reactive ketones (excluding diaryl/α,β-unsaturated/α-hetero) is 1. The van der Waals surface area contributed by atoms with Gasteiger partial charge in [-0.1, -0.05) is 17.7 Å². The van der Waals surface area contributed by atoms with Crippen LogP contribution in [0.4, 0.5) is 10.1 Å². The minimum absolute atomic E-state index is 0.170. The van der Waals surface area contributed by atoms with Gasteiger partial charge in [-0.05, 0) is 62.6 Å². The minimum atomic E-state index is -0.493. The molecule has 7 heteroatoms. The van der Waals surface area contributed by atoms with E-state index >= 15 is 0 Å². The second-order valence-electron chi connectivity index (χ2n) is 8.08. The Bertz CT molecular complexity index is 965. The SMILES string of the molecule is Cc1cc(C)c(C(=O)C(=O)N2CCCN(CC(=O)Nc3ccc(F)cc3)CC2)c(C)c1. The van der Waals surface area contributed by atoms with Gasteiger partial charge in [0.1, 0.15) is 5.82 Å². The van der Waals surface area contributed by atoms with E-state index in [0.29, 0.717) is 43.9 Å². The summed E-state index contributed by atoms with van der Waals surface area (Å²) in [6, 6.07) is 9.43. The minimum Gasteiger partial charge on any atom is -0.334 e. The van der Waals surface area contributed by atoms with Crippen molar-refractivity contribution >= 4 is 23.3 Å². The van der Waals surface area contributed by atoms with Crippen LogP contribution in [0.1, 0.15) is 33.5 Å². The summed E-state index contributed by atoms with van der Waals surface area (Å²) in [4.78, 5) is 41.6. The Morgan fingerprint density at radius 3 is 2.23 bits per heavy atom. The van der Waals surface area contributed by atoms with Gasteiger partial charge in [-0.3, -0.25) is 19.3 Å². The molecule has 1 fully saturated rings. The Morgan fingerprint density at radius 1 is 0.935 bits per heavy atom. The molecule has 1 aliphatic rings. The Labute approximate surface area is 182 Å². The molecule has 0 atom stereocenters.